The molecule has 4 aromatic rings. The van der Waals surface area contributed by atoms with Crippen molar-refractivity contribution in [2.45, 2.75) is 30.8 Å². The summed E-state index contributed by atoms with van der Waals surface area (Å²) in [4.78, 5) is 20.2. The van der Waals surface area contributed by atoms with Crippen LogP contribution >= 0.6 is 34.5 Å². The minimum absolute atomic E-state index is 0.0777. The second-order valence-corrected chi connectivity index (χ2v) is 12.2. The van der Waals surface area contributed by atoms with Gasteiger partial charge in [-0.25, -0.2) is 13.4 Å². The van der Waals surface area contributed by atoms with E-state index in [4.69, 9.17) is 32.9 Å². The van der Waals surface area contributed by atoms with Crippen LogP contribution in [0.4, 0.5) is 10.8 Å². The third kappa shape index (κ3) is 5.61. The lowest BCUT2D eigenvalue weighted by Crippen LogP contribution is -2.37. The van der Waals surface area contributed by atoms with E-state index in [9.17, 15) is 13.2 Å². The van der Waals surface area contributed by atoms with E-state index < -0.39 is 10.0 Å². The zero-order chi connectivity index (χ0) is 26.2. The molecule has 1 N–H and O–H groups in total. The topological polar surface area (TPSA) is 88.6 Å². The fourth-order valence-electron chi connectivity index (χ4n) is 4.11. The van der Waals surface area contributed by atoms with Crippen molar-refractivity contribution in [1.82, 2.24) is 4.98 Å². The molecule has 0 bridgehead atoms. The maximum atomic E-state index is 13.7. The van der Waals surface area contributed by atoms with Crippen molar-refractivity contribution in [1.29, 1.82) is 0 Å². The summed E-state index contributed by atoms with van der Waals surface area (Å²) >= 11 is 13.6. The van der Waals surface area contributed by atoms with Crippen LogP contribution in [-0.2, 0) is 14.8 Å². The van der Waals surface area contributed by atoms with E-state index in [1.807, 2.05) is 19.1 Å². The minimum Gasteiger partial charge on any atom is -0.376 e. The summed E-state index contributed by atoms with van der Waals surface area (Å²) in [6, 6.07) is 15.9. The van der Waals surface area contributed by atoms with Gasteiger partial charge in [-0.05, 0) is 86.0 Å². The first-order valence-electron chi connectivity index (χ1n) is 11.6. The maximum Gasteiger partial charge on any atom is 0.261 e. The lowest BCUT2D eigenvalue weighted by atomic mass is 10.1. The lowest BCUT2D eigenvalue weighted by molar-refractivity contribution is 0.0917. The number of nitrogens with zero attached hydrogens (tertiary/aromatic N) is 2. The van der Waals surface area contributed by atoms with Gasteiger partial charge in [-0.1, -0.05) is 34.5 Å². The number of thiazole rings is 1. The van der Waals surface area contributed by atoms with Crippen LogP contribution in [0.2, 0.25) is 10.0 Å². The van der Waals surface area contributed by atoms with Crippen molar-refractivity contribution < 1.29 is 17.9 Å². The molecule has 0 radical (unpaired) electrons. The molecule has 1 aliphatic rings. The molecular weight excluding hydrogens is 553 g/mol. The fraction of sp³-hybridized carbons (Fsp3) is 0.231. The Bertz CT molecular complexity index is 1550. The predicted molar refractivity (Wildman–Crippen MR) is 149 cm³/mol. The van der Waals surface area contributed by atoms with E-state index in [0.717, 1.165) is 28.6 Å². The molecule has 0 saturated carbocycles. The zero-order valence-corrected chi connectivity index (χ0v) is 22.9. The number of aromatic nitrogens is 1. The molecular formula is C26H23Cl2N3O4S2. The monoisotopic (exact) mass is 575 g/mol. The average Bonchev–Trinajstić information content (AvgIpc) is 3.55. The Morgan fingerprint density at radius 1 is 1.11 bits per heavy atom. The number of ether oxygens (including phenoxy) is 1. The maximum absolute atomic E-state index is 13.7. The lowest BCUT2D eigenvalue weighted by Gasteiger charge is -2.23. The number of rotatable bonds is 7. The second-order valence-electron chi connectivity index (χ2n) is 8.70. The van der Waals surface area contributed by atoms with Gasteiger partial charge >= 0.3 is 0 Å². The molecule has 1 amide bonds. The summed E-state index contributed by atoms with van der Waals surface area (Å²) < 4.78 is 34.7. The Balaban J connectivity index is 1.41. The molecule has 1 aromatic heterocycles. The number of hydrogen-bond acceptors (Lipinski definition) is 6. The summed E-state index contributed by atoms with van der Waals surface area (Å²) in [5.41, 5.74) is 2.37. The molecule has 11 heteroatoms. The van der Waals surface area contributed by atoms with Gasteiger partial charge in [-0.2, -0.15) is 0 Å². The molecule has 192 valence electrons. The van der Waals surface area contributed by atoms with Crippen LogP contribution in [0.1, 0.15) is 28.8 Å². The number of anilines is 2. The number of carbonyl (C=O) groups excluding carboxylic acids is 1. The number of sulfonamides is 1. The number of fused-ring (bicyclic) bond motifs is 1. The average molecular weight is 577 g/mol. The van der Waals surface area contributed by atoms with Gasteiger partial charge < -0.3 is 4.74 Å². The van der Waals surface area contributed by atoms with Crippen molar-refractivity contribution in [3.8, 4) is 0 Å². The molecule has 1 atom stereocenters. The van der Waals surface area contributed by atoms with E-state index >= 15 is 0 Å². The van der Waals surface area contributed by atoms with Gasteiger partial charge in [0.2, 0.25) is 0 Å². The summed E-state index contributed by atoms with van der Waals surface area (Å²) in [6.45, 7) is 2.95. The quantitative estimate of drug-likeness (QED) is 0.270. The van der Waals surface area contributed by atoms with Gasteiger partial charge in [-0.15, -0.1) is 0 Å². The molecule has 5 rings (SSSR count). The SMILES string of the molecule is Cc1c(Cl)ccc2sc(N(CC3CCCO3)C(=O)c3ccc(NS(=O)(=O)c4ccc(Cl)cc4)cc3)nc12. The number of benzene rings is 3. The first kappa shape index (κ1) is 25.9. The van der Waals surface area contributed by atoms with Crippen molar-refractivity contribution in [2.75, 3.05) is 22.8 Å². The summed E-state index contributed by atoms with van der Waals surface area (Å²) in [7, 11) is -3.80. The van der Waals surface area contributed by atoms with Crippen LogP contribution in [0.15, 0.2) is 65.6 Å². The van der Waals surface area contributed by atoms with Gasteiger partial charge in [0.05, 0.1) is 27.8 Å². The van der Waals surface area contributed by atoms with Crippen molar-refractivity contribution >= 4 is 71.5 Å². The van der Waals surface area contributed by atoms with E-state index in [0.29, 0.717) is 39.6 Å². The van der Waals surface area contributed by atoms with Crippen LogP contribution in [0.25, 0.3) is 10.2 Å². The Morgan fingerprint density at radius 2 is 1.84 bits per heavy atom. The first-order chi connectivity index (χ1) is 17.7. The van der Waals surface area contributed by atoms with Crippen LogP contribution in [-0.4, -0.2) is 38.6 Å². The molecule has 0 aliphatic carbocycles. The van der Waals surface area contributed by atoms with E-state index in [2.05, 4.69) is 4.72 Å². The van der Waals surface area contributed by atoms with Crippen molar-refractivity contribution in [2.24, 2.45) is 0 Å². The summed E-state index contributed by atoms with van der Waals surface area (Å²) in [5, 5.41) is 1.63. The second kappa shape index (κ2) is 10.6. The van der Waals surface area contributed by atoms with Crippen LogP contribution in [0, 0.1) is 6.92 Å². The number of amides is 1. The van der Waals surface area contributed by atoms with Gasteiger partial charge in [0.15, 0.2) is 5.13 Å². The third-order valence-corrected chi connectivity index (χ3v) is 9.23. The molecule has 2 heterocycles. The zero-order valence-electron chi connectivity index (χ0n) is 19.8. The largest absolute Gasteiger partial charge is 0.376 e. The number of aryl methyl sites for hydroxylation is 1. The standard InChI is InChI=1S/C26H23Cl2N3O4S2/c1-16-22(28)12-13-23-24(16)29-26(36-23)31(15-20-3-2-14-35-20)25(32)17-4-8-19(9-5-17)30-37(33,34)21-10-6-18(27)7-11-21/h4-13,20,30H,2-3,14-15H2,1H3. The molecule has 1 saturated heterocycles. The van der Waals surface area contributed by atoms with Crippen LogP contribution in [0.3, 0.4) is 0 Å². The van der Waals surface area contributed by atoms with Crippen molar-refractivity contribution in [3.05, 3.63) is 81.8 Å². The van der Waals surface area contributed by atoms with Crippen molar-refractivity contribution in [3.63, 3.8) is 0 Å². The molecule has 0 spiro atoms. The molecule has 3 aromatic carbocycles. The summed E-state index contributed by atoms with van der Waals surface area (Å²) in [6.07, 6.45) is 1.74. The fourth-order valence-corrected chi connectivity index (χ4v) is 6.48. The molecule has 1 unspecified atom stereocenters. The van der Waals surface area contributed by atoms with Gasteiger partial charge in [0, 0.05) is 27.9 Å². The Labute approximate surface area is 229 Å². The molecule has 1 fully saturated rings. The van der Waals surface area contributed by atoms with E-state index in [1.54, 1.807) is 29.2 Å². The Hall–Kier alpha value is -2.69. The van der Waals surface area contributed by atoms with Gasteiger partial charge in [-0.3, -0.25) is 14.4 Å². The van der Waals surface area contributed by atoms with E-state index in [-0.39, 0.29) is 16.9 Å². The highest BCUT2D eigenvalue weighted by Gasteiger charge is 2.27. The third-order valence-electron chi connectivity index (χ3n) is 6.13. The van der Waals surface area contributed by atoms with Crippen LogP contribution < -0.4 is 9.62 Å². The predicted octanol–water partition coefficient (Wildman–Crippen LogP) is 6.54. The summed E-state index contributed by atoms with van der Waals surface area (Å²) in [5.74, 6) is -0.245. The molecule has 1 aliphatic heterocycles. The minimum atomic E-state index is -3.80. The number of carbonyl (C=O) groups is 1. The normalized spacial score (nSPS) is 15.7. The number of hydrogen-bond donors (Lipinski definition) is 1. The Morgan fingerprint density at radius 3 is 2.51 bits per heavy atom. The molecule has 37 heavy (non-hydrogen) atoms. The van der Waals surface area contributed by atoms with E-state index in [1.165, 1.54) is 35.6 Å². The van der Waals surface area contributed by atoms with Gasteiger partial charge in [0.25, 0.3) is 15.9 Å². The first-order valence-corrected chi connectivity index (χ1v) is 14.6. The highest BCUT2D eigenvalue weighted by atomic mass is 35.5. The molecule has 7 nitrogen and oxygen atoms in total. The highest BCUT2D eigenvalue weighted by molar-refractivity contribution is 7.92. The highest BCUT2D eigenvalue weighted by Crippen LogP contribution is 2.35. The number of nitrogens with one attached hydrogen (secondary N) is 1. The van der Waals surface area contributed by atoms with Crippen LogP contribution in [0.5, 0.6) is 0 Å². The number of halogens is 2. The Kier molecular flexibility index (Phi) is 7.42. The smallest absolute Gasteiger partial charge is 0.261 e. The van der Waals surface area contributed by atoms with Gasteiger partial charge in [0.1, 0.15) is 0 Å².